The minimum Gasteiger partial charge on any atom is -0.488 e. The van der Waals surface area contributed by atoms with Gasteiger partial charge in [-0.3, -0.25) is 9.59 Å². The molecular formula is C32H36N4O4. The molecule has 0 radical (unpaired) electrons. The number of hydrogen-bond donors (Lipinski definition) is 1. The van der Waals surface area contributed by atoms with Crippen LogP contribution in [0.4, 0.5) is 11.4 Å². The Bertz CT molecular complexity index is 1540. The smallest absolute Gasteiger partial charge is 0.251 e. The number of nitrogens with one attached hydrogen (secondary N) is 1. The number of aromatic nitrogens is 1. The van der Waals surface area contributed by atoms with Crippen LogP contribution in [-0.2, 0) is 11.8 Å². The lowest BCUT2D eigenvalue weighted by Gasteiger charge is -2.63. The molecular weight excluding hydrogens is 504 g/mol. The Morgan fingerprint density at radius 3 is 2.30 bits per heavy atom. The summed E-state index contributed by atoms with van der Waals surface area (Å²) >= 11 is 0. The molecule has 40 heavy (non-hydrogen) atoms. The molecule has 1 saturated carbocycles. The number of pyridine rings is 1. The normalized spacial score (nSPS) is 21.8. The van der Waals surface area contributed by atoms with E-state index in [1.54, 1.807) is 22.9 Å². The molecule has 2 aromatic carbocycles. The number of piperidine rings is 1. The molecule has 2 fully saturated rings. The molecule has 208 valence electrons. The fraction of sp³-hybridized carbons (Fsp3) is 0.438. The molecule has 0 spiro atoms. The minimum atomic E-state index is -0.424. The van der Waals surface area contributed by atoms with Crippen molar-refractivity contribution in [2.24, 2.45) is 23.8 Å². The predicted molar refractivity (Wildman–Crippen MR) is 156 cm³/mol. The summed E-state index contributed by atoms with van der Waals surface area (Å²) in [5, 5.41) is 3.64. The van der Waals surface area contributed by atoms with E-state index in [1.165, 1.54) is 6.07 Å². The number of carbonyl (C=O) groups is 2. The van der Waals surface area contributed by atoms with Crippen molar-refractivity contribution in [1.82, 2.24) is 9.88 Å². The predicted octanol–water partition coefficient (Wildman–Crippen LogP) is 5.12. The Balaban J connectivity index is 1.32. The summed E-state index contributed by atoms with van der Waals surface area (Å²) in [6.07, 6.45) is 4.14. The third-order valence-electron chi connectivity index (χ3n) is 8.87. The molecule has 2 heterocycles. The molecule has 1 amide bonds. The Morgan fingerprint density at radius 1 is 1.05 bits per heavy atom. The van der Waals surface area contributed by atoms with Crippen LogP contribution >= 0.6 is 0 Å². The van der Waals surface area contributed by atoms with Gasteiger partial charge in [0.1, 0.15) is 18.1 Å². The first-order valence-electron chi connectivity index (χ1n) is 13.8. The van der Waals surface area contributed by atoms with Crippen LogP contribution < -0.4 is 20.4 Å². The lowest BCUT2D eigenvalue weighted by atomic mass is 9.49. The molecule has 0 atom stereocenters. The fourth-order valence-corrected chi connectivity index (χ4v) is 6.94. The van der Waals surface area contributed by atoms with Gasteiger partial charge in [0.15, 0.2) is 5.43 Å². The maximum Gasteiger partial charge on any atom is 0.251 e. The van der Waals surface area contributed by atoms with Gasteiger partial charge in [0, 0.05) is 66.4 Å². The number of fused-ring (bicyclic) bond motifs is 1. The van der Waals surface area contributed by atoms with E-state index >= 15 is 0 Å². The second-order valence-corrected chi connectivity index (χ2v) is 12.3. The first-order valence-corrected chi connectivity index (χ1v) is 13.8. The average molecular weight is 541 g/mol. The van der Waals surface area contributed by atoms with Gasteiger partial charge < -0.3 is 24.3 Å². The van der Waals surface area contributed by atoms with Gasteiger partial charge >= 0.3 is 0 Å². The summed E-state index contributed by atoms with van der Waals surface area (Å²) in [6.45, 7) is 17.5. The van der Waals surface area contributed by atoms with Gasteiger partial charge in [-0.15, -0.1) is 0 Å². The number of aryl methyl sites for hydroxylation is 1. The topological polar surface area (TPSA) is 85.0 Å². The zero-order valence-corrected chi connectivity index (χ0v) is 23.7. The van der Waals surface area contributed by atoms with Crippen LogP contribution in [0.5, 0.6) is 5.75 Å². The summed E-state index contributed by atoms with van der Waals surface area (Å²) in [7, 11) is 1.81. The van der Waals surface area contributed by atoms with Crippen molar-refractivity contribution in [3.8, 4) is 5.75 Å². The van der Waals surface area contributed by atoms with Crippen LogP contribution in [0.1, 0.15) is 50.9 Å². The van der Waals surface area contributed by atoms with Gasteiger partial charge in [-0.05, 0) is 43.2 Å². The Labute approximate surface area is 234 Å². The number of benzene rings is 2. The van der Waals surface area contributed by atoms with Gasteiger partial charge in [0.2, 0.25) is 5.69 Å². The first-order chi connectivity index (χ1) is 19.0. The molecule has 1 aliphatic heterocycles. The van der Waals surface area contributed by atoms with Gasteiger partial charge in [-0.2, -0.15) is 0 Å². The molecule has 5 rings (SSSR count). The Hall–Kier alpha value is -4.12. The number of rotatable bonds is 6. The molecule has 1 aliphatic carbocycles. The number of ether oxygens (including phenoxy) is 1. The molecule has 1 saturated heterocycles. The molecule has 8 nitrogen and oxygen atoms in total. The summed E-state index contributed by atoms with van der Waals surface area (Å²) in [5.74, 6) is 0.453. The van der Waals surface area contributed by atoms with Crippen molar-refractivity contribution in [3.63, 3.8) is 0 Å². The van der Waals surface area contributed by atoms with Crippen molar-refractivity contribution in [1.29, 1.82) is 0 Å². The maximum absolute atomic E-state index is 13.3. The zero-order valence-electron chi connectivity index (χ0n) is 23.7. The number of carbonyl (C=O) groups excluding carboxylic acids is 2. The van der Waals surface area contributed by atoms with Crippen molar-refractivity contribution in [3.05, 3.63) is 75.9 Å². The summed E-state index contributed by atoms with van der Waals surface area (Å²) in [6, 6.07) is 12.4. The molecule has 0 bridgehead atoms. The van der Waals surface area contributed by atoms with Crippen LogP contribution in [0.15, 0.2) is 53.5 Å². The van der Waals surface area contributed by atoms with Crippen LogP contribution in [0.3, 0.4) is 0 Å². The summed E-state index contributed by atoms with van der Waals surface area (Å²) < 4.78 is 8.32. The van der Waals surface area contributed by atoms with Crippen molar-refractivity contribution < 1.29 is 14.3 Å². The van der Waals surface area contributed by atoms with Crippen LogP contribution in [-0.4, -0.2) is 42.0 Å². The van der Waals surface area contributed by atoms with Crippen LogP contribution in [0.2, 0.25) is 0 Å². The van der Waals surface area contributed by atoms with E-state index in [4.69, 9.17) is 11.3 Å². The highest BCUT2D eigenvalue weighted by atomic mass is 16.5. The summed E-state index contributed by atoms with van der Waals surface area (Å²) in [4.78, 5) is 43.1. The highest BCUT2D eigenvalue weighted by Gasteiger charge is 2.64. The molecule has 1 N–H and O–H groups in total. The summed E-state index contributed by atoms with van der Waals surface area (Å²) in [5.41, 5.74) is 1.56. The average Bonchev–Trinajstić information content (AvgIpc) is 2.96. The Morgan fingerprint density at radius 2 is 1.70 bits per heavy atom. The molecule has 3 aromatic rings. The second-order valence-electron chi connectivity index (χ2n) is 12.3. The van der Waals surface area contributed by atoms with Gasteiger partial charge in [-0.25, -0.2) is 4.85 Å². The standard InChI is InChI=1S/C32H36N4O4/c1-31(2)29(34-28(39)21-7-9-22(10-8-21)36-17-13-20(19-37)14-18-36)32(3,4)30(31)40-25-12-11-23(33-5)27-26(25)24(38)15-16-35(27)6/h7-12,15-16,19-20,29-30H,13-14,17-18H2,1-4,6H3,(H,34,39). The van der Waals surface area contributed by atoms with E-state index in [0.29, 0.717) is 27.9 Å². The number of anilines is 1. The molecule has 1 aromatic heterocycles. The molecule has 2 aliphatic rings. The SMILES string of the molecule is [C-]#[N+]c1ccc(OC2C(C)(C)C(NC(=O)c3ccc(N4CCC(C=O)CC4)cc3)C2(C)C)c2c(=O)ccn(C)c12. The van der Waals surface area contributed by atoms with E-state index in [-0.39, 0.29) is 29.4 Å². The lowest BCUT2D eigenvalue weighted by molar-refractivity contribution is -0.163. The van der Waals surface area contributed by atoms with Gasteiger partial charge in [0.05, 0.1) is 17.5 Å². The van der Waals surface area contributed by atoms with Crippen LogP contribution in [0, 0.1) is 23.3 Å². The zero-order chi connectivity index (χ0) is 28.8. The lowest BCUT2D eigenvalue weighted by Crippen LogP contribution is -2.74. The highest BCUT2D eigenvalue weighted by Crippen LogP contribution is 2.56. The largest absolute Gasteiger partial charge is 0.488 e. The third-order valence-corrected chi connectivity index (χ3v) is 8.87. The van der Waals surface area contributed by atoms with E-state index in [1.807, 2.05) is 31.3 Å². The van der Waals surface area contributed by atoms with Crippen LogP contribution in [0.25, 0.3) is 15.7 Å². The van der Waals surface area contributed by atoms with E-state index in [0.717, 1.165) is 37.9 Å². The van der Waals surface area contributed by atoms with Gasteiger partial charge in [0.25, 0.3) is 5.91 Å². The van der Waals surface area contributed by atoms with E-state index in [9.17, 15) is 14.4 Å². The van der Waals surface area contributed by atoms with Gasteiger partial charge in [-0.1, -0.05) is 33.8 Å². The second kappa shape index (κ2) is 10.1. The van der Waals surface area contributed by atoms with Crippen molar-refractivity contribution in [2.75, 3.05) is 18.0 Å². The van der Waals surface area contributed by atoms with E-state index < -0.39 is 10.8 Å². The number of hydrogen-bond acceptors (Lipinski definition) is 5. The minimum absolute atomic E-state index is 0.142. The number of aldehydes is 1. The Kier molecular flexibility index (Phi) is 6.95. The van der Waals surface area contributed by atoms with E-state index in [2.05, 4.69) is 42.8 Å². The molecule has 0 unspecified atom stereocenters. The first kappa shape index (κ1) is 27.4. The maximum atomic E-state index is 13.3. The van der Waals surface area contributed by atoms with Crippen molar-refractivity contribution in [2.45, 2.75) is 52.7 Å². The number of amides is 1. The quantitative estimate of drug-likeness (QED) is 0.347. The molecule has 8 heteroatoms. The number of nitrogens with zero attached hydrogens (tertiary/aromatic N) is 3. The van der Waals surface area contributed by atoms with Crippen molar-refractivity contribution >= 4 is 34.5 Å². The monoisotopic (exact) mass is 540 g/mol. The third kappa shape index (κ3) is 4.53. The highest BCUT2D eigenvalue weighted by molar-refractivity contribution is 5.96. The fourth-order valence-electron chi connectivity index (χ4n) is 6.94.